The second-order valence-electron chi connectivity index (χ2n) is 4.26. The van der Waals surface area contributed by atoms with Gasteiger partial charge < -0.3 is 4.90 Å². The standard InChI is InChI=1S/C10H15NO3/c1-6(2)5-11-9(12)8-4-7(3)10(11)14-13-8/h4,6,8,10H,5H2,1-3H3. The molecular weight excluding hydrogens is 182 g/mol. The number of fused-ring (bicyclic) bond motifs is 2. The average Bonchev–Trinajstić information content (AvgIpc) is 2.11. The number of carbonyl (C=O) groups excluding carboxylic acids is 1. The van der Waals surface area contributed by atoms with E-state index in [2.05, 4.69) is 13.8 Å². The van der Waals surface area contributed by atoms with Gasteiger partial charge in [-0.05, 0) is 24.5 Å². The minimum Gasteiger partial charge on any atom is -0.308 e. The fraction of sp³-hybridized carbons (Fsp3) is 0.700. The van der Waals surface area contributed by atoms with Crippen LogP contribution >= 0.6 is 0 Å². The maximum atomic E-state index is 11.7. The van der Waals surface area contributed by atoms with E-state index in [0.29, 0.717) is 12.5 Å². The van der Waals surface area contributed by atoms with Crippen molar-refractivity contribution in [3.8, 4) is 0 Å². The SMILES string of the molecule is CC1=CC2OOC1N(CC(C)C)C2=O. The van der Waals surface area contributed by atoms with Crippen molar-refractivity contribution in [1.82, 2.24) is 4.90 Å². The summed E-state index contributed by atoms with van der Waals surface area (Å²) in [5.41, 5.74) is 1.06. The Labute approximate surface area is 83.4 Å². The van der Waals surface area contributed by atoms with Gasteiger partial charge in [-0.1, -0.05) is 13.8 Å². The fourth-order valence-corrected chi connectivity index (χ4v) is 1.81. The van der Waals surface area contributed by atoms with Crippen molar-refractivity contribution < 1.29 is 14.6 Å². The predicted molar refractivity (Wildman–Crippen MR) is 50.1 cm³/mol. The Hall–Kier alpha value is -0.870. The highest BCUT2D eigenvalue weighted by Gasteiger charge is 2.42. The minimum absolute atomic E-state index is 0.0144. The first-order chi connectivity index (χ1) is 6.59. The number of nitrogens with zero attached hydrogens (tertiary/aromatic N) is 1. The van der Waals surface area contributed by atoms with Gasteiger partial charge in [0.05, 0.1) is 0 Å². The molecule has 78 valence electrons. The van der Waals surface area contributed by atoms with E-state index in [0.717, 1.165) is 5.57 Å². The van der Waals surface area contributed by atoms with Crippen molar-refractivity contribution in [3.05, 3.63) is 11.6 Å². The molecule has 1 fully saturated rings. The highest BCUT2D eigenvalue weighted by atomic mass is 17.2. The van der Waals surface area contributed by atoms with Crippen LogP contribution in [0.2, 0.25) is 0 Å². The van der Waals surface area contributed by atoms with Crippen molar-refractivity contribution in [1.29, 1.82) is 0 Å². The van der Waals surface area contributed by atoms with Gasteiger partial charge in [-0.25, -0.2) is 9.78 Å². The summed E-state index contributed by atoms with van der Waals surface area (Å²) < 4.78 is 0. The summed E-state index contributed by atoms with van der Waals surface area (Å²) in [7, 11) is 0. The zero-order valence-electron chi connectivity index (χ0n) is 8.69. The fourth-order valence-electron chi connectivity index (χ4n) is 1.81. The topological polar surface area (TPSA) is 38.8 Å². The second kappa shape index (κ2) is 3.37. The number of hydrogen-bond donors (Lipinski definition) is 0. The molecule has 1 amide bonds. The Morgan fingerprint density at radius 2 is 2.21 bits per heavy atom. The van der Waals surface area contributed by atoms with Gasteiger partial charge in [0.15, 0.2) is 12.3 Å². The molecule has 3 rings (SSSR count). The van der Waals surface area contributed by atoms with Crippen LogP contribution in [0.25, 0.3) is 0 Å². The number of amides is 1. The Kier molecular flexibility index (Phi) is 2.33. The van der Waals surface area contributed by atoms with Crippen LogP contribution in [0.1, 0.15) is 20.8 Å². The first-order valence-corrected chi connectivity index (χ1v) is 4.90. The van der Waals surface area contributed by atoms with Gasteiger partial charge in [0, 0.05) is 6.54 Å². The molecule has 4 nitrogen and oxygen atoms in total. The first-order valence-electron chi connectivity index (χ1n) is 4.90. The number of hydrogen-bond acceptors (Lipinski definition) is 3. The van der Waals surface area contributed by atoms with E-state index in [9.17, 15) is 4.79 Å². The van der Waals surface area contributed by atoms with Crippen molar-refractivity contribution in [3.63, 3.8) is 0 Å². The molecule has 2 unspecified atom stereocenters. The molecule has 3 aliphatic heterocycles. The summed E-state index contributed by atoms with van der Waals surface area (Å²) in [5.74, 6) is 0.454. The monoisotopic (exact) mass is 197 g/mol. The molecule has 0 spiro atoms. The minimum atomic E-state index is -0.529. The molecule has 1 saturated heterocycles. The lowest BCUT2D eigenvalue weighted by molar-refractivity contribution is -0.379. The molecule has 0 saturated carbocycles. The lowest BCUT2D eigenvalue weighted by Crippen LogP contribution is -2.57. The Balaban J connectivity index is 2.19. The molecule has 0 radical (unpaired) electrons. The quantitative estimate of drug-likeness (QED) is 0.491. The zero-order chi connectivity index (χ0) is 10.3. The summed E-state index contributed by atoms with van der Waals surface area (Å²) in [6.07, 6.45) is 0.987. The van der Waals surface area contributed by atoms with E-state index in [-0.39, 0.29) is 12.1 Å². The normalized spacial score (nSPS) is 31.3. The lowest BCUT2D eigenvalue weighted by Gasteiger charge is -2.42. The van der Waals surface area contributed by atoms with Crippen LogP contribution in [-0.2, 0) is 14.6 Å². The lowest BCUT2D eigenvalue weighted by atomic mass is 10.0. The third-order valence-corrected chi connectivity index (χ3v) is 2.43. The summed E-state index contributed by atoms with van der Waals surface area (Å²) in [4.78, 5) is 23.5. The molecule has 14 heavy (non-hydrogen) atoms. The van der Waals surface area contributed by atoms with Crippen LogP contribution in [0.3, 0.4) is 0 Å². The van der Waals surface area contributed by atoms with Crippen LogP contribution in [0.4, 0.5) is 0 Å². The first kappa shape index (κ1) is 9.68. The Morgan fingerprint density at radius 1 is 1.50 bits per heavy atom. The van der Waals surface area contributed by atoms with Crippen molar-refractivity contribution in [2.75, 3.05) is 6.54 Å². The summed E-state index contributed by atoms with van der Waals surface area (Å²) >= 11 is 0. The molecule has 0 N–H and O–H groups in total. The maximum Gasteiger partial charge on any atom is 0.261 e. The van der Waals surface area contributed by atoms with Crippen molar-refractivity contribution in [2.45, 2.75) is 33.1 Å². The van der Waals surface area contributed by atoms with Gasteiger partial charge in [-0.3, -0.25) is 4.79 Å². The largest absolute Gasteiger partial charge is 0.308 e. The second-order valence-corrected chi connectivity index (χ2v) is 4.26. The molecule has 2 atom stereocenters. The van der Waals surface area contributed by atoms with Gasteiger partial charge in [0.25, 0.3) is 5.91 Å². The Bertz CT molecular complexity index is 285. The smallest absolute Gasteiger partial charge is 0.261 e. The highest BCUT2D eigenvalue weighted by Crippen LogP contribution is 2.28. The van der Waals surface area contributed by atoms with Crippen LogP contribution < -0.4 is 0 Å². The number of carbonyl (C=O) groups is 1. The molecule has 4 heteroatoms. The molecule has 0 aliphatic carbocycles. The highest BCUT2D eigenvalue weighted by molar-refractivity contribution is 5.85. The van der Waals surface area contributed by atoms with Crippen molar-refractivity contribution in [2.24, 2.45) is 5.92 Å². The van der Waals surface area contributed by atoms with Crippen LogP contribution in [0.5, 0.6) is 0 Å². The summed E-state index contributed by atoms with van der Waals surface area (Å²) in [5, 5.41) is 0. The van der Waals surface area contributed by atoms with Gasteiger partial charge in [0.1, 0.15) is 0 Å². The molecule has 0 aromatic heterocycles. The molecule has 0 aromatic carbocycles. The molecular formula is C10H15NO3. The molecule has 3 heterocycles. The van der Waals surface area contributed by atoms with Crippen molar-refractivity contribution >= 4 is 5.91 Å². The van der Waals surface area contributed by atoms with Crippen LogP contribution in [0, 0.1) is 5.92 Å². The zero-order valence-corrected chi connectivity index (χ0v) is 8.69. The molecule has 2 bridgehead atoms. The third kappa shape index (κ3) is 1.44. The molecule has 0 aromatic rings. The number of rotatable bonds is 2. The average molecular weight is 197 g/mol. The Morgan fingerprint density at radius 3 is 2.79 bits per heavy atom. The van der Waals surface area contributed by atoms with E-state index >= 15 is 0 Å². The van der Waals surface area contributed by atoms with Crippen LogP contribution in [0.15, 0.2) is 11.6 Å². The van der Waals surface area contributed by atoms with Crippen LogP contribution in [-0.4, -0.2) is 29.7 Å². The van der Waals surface area contributed by atoms with E-state index in [1.165, 1.54) is 0 Å². The summed E-state index contributed by atoms with van der Waals surface area (Å²) in [6.45, 7) is 6.83. The van der Waals surface area contributed by atoms with Gasteiger partial charge in [-0.2, -0.15) is 0 Å². The third-order valence-electron chi connectivity index (χ3n) is 2.43. The summed E-state index contributed by atoms with van der Waals surface area (Å²) in [6, 6.07) is 0. The van der Waals surface area contributed by atoms with Gasteiger partial charge >= 0.3 is 0 Å². The van der Waals surface area contributed by atoms with Gasteiger partial charge in [0.2, 0.25) is 0 Å². The van der Waals surface area contributed by atoms with E-state index in [4.69, 9.17) is 9.78 Å². The van der Waals surface area contributed by atoms with Gasteiger partial charge in [-0.15, -0.1) is 0 Å². The maximum absolute atomic E-state index is 11.7. The van der Waals surface area contributed by atoms with E-state index < -0.39 is 6.10 Å². The van der Waals surface area contributed by atoms with E-state index in [1.54, 1.807) is 4.90 Å². The van der Waals surface area contributed by atoms with E-state index in [1.807, 2.05) is 13.0 Å². The predicted octanol–water partition coefficient (Wildman–Crippen LogP) is 1.09. The molecule has 3 aliphatic rings.